The second-order valence-electron chi connectivity index (χ2n) is 4.74. The molecule has 1 aromatic rings. The molecule has 21 heavy (non-hydrogen) atoms. The molecule has 0 aromatic heterocycles. The summed E-state index contributed by atoms with van der Waals surface area (Å²) in [5, 5.41) is 19.0. The highest BCUT2D eigenvalue weighted by Gasteiger charge is 2.48. The summed E-state index contributed by atoms with van der Waals surface area (Å²) >= 11 is 0. The standard InChI is InChI=1S/C14H17NO6/c1-20-10-7-15(11(12(10)16)13(17)18)14(19)21-8-9-5-3-2-4-6-9/h2-6,10-12,16H,7-8H2,1H3,(H,17,18)/t10-,11+,12-/m1/s1. The van der Waals surface area contributed by atoms with Crippen LogP contribution in [0.2, 0.25) is 0 Å². The van der Waals surface area contributed by atoms with Gasteiger partial charge in [0.15, 0.2) is 6.04 Å². The van der Waals surface area contributed by atoms with E-state index in [1.165, 1.54) is 7.11 Å². The first kappa shape index (κ1) is 15.3. The normalized spacial score (nSPS) is 24.9. The zero-order valence-corrected chi connectivity index (χ0v) is 11.5. The highest BCUT2D eigenvalue weighted by Crippen LogP contribution is 2.22. The van der Waals surface area contributed by atoms with Gasteiger partial charge in [-0.25, -0.2) is 9.59 Å². The summed E-state index contributed by atoms with van der Waals surface area (Å²) in [5.74, 6) is -1.29. The van der Waals surface area contributed by atoms with Gasteiger partial charge in [0.25, 0.3) is 0 Å². The molecule has 0 unspecified atom stereocenters. The van der Waals surface area contributed by atoms with Gasteiger partial charge in [-0.05, 0) is 5.56 Å². The Morgan fingerprint density at radius 3 is 2.57 bits per heavy atom. The van der Waals surface area contributed by atoms with Crippen molar-refractivity contribution in [3.8, 4) is 0 Å². The number of aliphatic hydroxyl groups excluding tert-OH is 1. The van der Waals surface area contributed by atoms with Gasteiger partial charge in [-0.15, -0.1) is 0 Å². The summed E-state index contributed by atoms with van der Waals surface area (Å²) in [6.07, 6.45) is -2.81. The number of likely N-dealkylation sites (tertiary alicyclic amines) is 1. The van der Waals surface area contributed by atoms with Crippen molar-refractivity contribution in [1.29, 1.82) is 0 Å². The van der Waals surface area contributed by atoms with Crippen LogP contribution in [0.4, 0.5) is 4.79 Å². The number of benzene rings is 1. The Morgan fingerprint density at radius 1 is 1.33 bits per heavy atom. The summed E-state index contributed by atoms with van der Waals surface area (Å²) < 4.78 is 10.1. The molecule has 1 heterocycles. The third kappa shape index (κ3) is 3.32. The summed E-state index contributed by atoms with van der Waals surface area (Å²) in [7, 11) is 1.35. The number of hydrogen-bond donors (Lipinski definition) is 2. The molecule has 2 N–H and O–H groups in total. The largest absolute Gasteiger partial charge is 0.480 e. The molecule has 0 radical (unpaired) electrons. The Hall–Kier alpha value is -2.12. The van der Waals surface area contributed by atoms with E-state index in [0.717, 1.165) is 10.5 Å². The van der Waals surface area contributed by atoms with Crippen LogP contribution >= 0.6 is 0 Å². The number of rotatable bonds is 4. The van der Waals surface area contributed by atoms with Crippen molar-refractivity contribution in [2.24, 2.45) is 0 Å². The van der Waals surface area contributed by atoms with Crippen LogP contribution in [0.1, 0.15) is 5.56 Å². The average Bonchev–Trinajstić information content (AvgIpc) is 2.82. The second kappa shape index (κ2) is 6.55. The minimum Gasteiger partial charge on any atom is -0.480 e. The maximum atomic E-state index is 12.0. The van der Waals surface area contributed by atoms with Crippen LogP contribution in [-0.2, 0) is 20.9 Å². The number of aliphatic hydroxyl groups is 1. The summed E-state index contributed by atoms with van der Waals surface area (Å²) in [6.45, 7) is 0.0124. The number of carbonyl (C=O) groups is 2. The molecule has 1 aromatic carbocycles. The van der Waals surface area contributed by atoms with Gasteiger partial charge in [0.2, 0.25) is 0 Å². The van der Waals surface area contributed by atoms with Crippen LogP contribution in [0, 0.1) is 0 Å². The molecule has 0 bridgehead atoms. The molecular formula is C14H17NO6. The van der Waals surface area contributed by atoms with Crippen LogP contribution in [0.3, 0.4) is 0 Å². The summed E-state index contributed by atoms with van der Waals surface area (Å²) in [5.41, 5.74) is 0.792. The fourth-order valence-electron chi connectivity index (χ4n) is 2.29. The van der Waals surface area contributed by atoms with Crippen molar-refractivity contribution >= 4 is 12.1 Å². The van der Waals surface area contributed by atoms with E-state index in [-0.39, 0.29) is 13.2 Å². The first-order chi connectivity index (χ1) is 10.0. The Bertz CT molecular complexity index is 505. The topological polar surface area (TPSA) is 96.3 Å². The monoisotopic (exact) mass is 295 g/mol. The molecule has 0 aliphatic carbocycles. The van der Waals surface area contributed by atoms with Gasteiger partial charge in [-0.2, -0.15) is 0 Å². The Labute approximate surface area is 121 Å². The van der Waals surface area contributed by atoms with Crippen LogP contribution < -0.4 is 0 Å². The van der Waals surface area contributed by atoms with Gasteiger partial charge < -0.3 is 19.7 Å². The minimum atomic E-state index is -1.36. The van der Waals surface area contributed by atoms with Crippen molar-refractivity contribution < 1.29 is 29.3 Å². The molecule has 1 aliphatic rings. The Morgan fingerprint density at radius 2 is 2.00 bits per heavy atom. The number of amides is 1. The van der Waals surface area contributed by atoms with E-state index in [2.05, 4.69) is 0 Å². The van der Waals surface area contributed by atoms with Gasteiger partial charge in [0.05, 0.1) is 6.54 Å². The number of carboxylic acids is 1. The highest BCUT2D eigenvalue weighted by molar-refractivity contribution is 5.81. The van der Waals surface area contributed by atoms with Gasteiger partial charge in [-0.1, -0.05) is 30.3 Å². The first-order valence-corrected chi connectivity index (χ1v) is 6.45. The highest BCUT2D eigenvalue weighted by atomic mass is 16.6. The van der Waals surface area contributed by atoms with E-state index in [1.807, 2.05) is 18.2 Å². The van der Waals surface area contributed by atoms with Crippen LogP contribution in [0.25, 0.3) is 0 Å². The van der Waals surface area contributed by atoms with Crippen molar-refractivity contribution in [2.45, 2.75) is 24.9 Å². The van der Waals surface area contributed by atoms with Crippen LogP contribution in [-0.4, -0.2) is 59.1 Å². The molecule has 1 fully saturated rings. The van der Waals surface area contributed by atoms with E-state index in [4.69, 9.17) is 14.6 Å². The Balaban J connectivity index is 2.02. The lowest BCUT2D eigenvalue weighted by atomic mass is 10.1. The number of methoxy groups -OCH3 is 1. The van der Waals surface area contributed by atoms with Gasteiger partial charge in [0, 0.05) is 7.11 Å². The predicted octanol–water partition coefficient (Wildman–Crippen LogP) is 0.468. The fourth-order valence-corrected chi connectivity index (χ4v) is 2.29. The molecule has 7 nitrogen and oxygen atoms in total. The van der Waals surface area contributed by atoms with E-state index in [9.17, 15) is 14.7 Å². The van der Waals surface area contributed by atoms with Crippen molar-refractivity contribution in [1.82, 2.24) is 4.90 Å². The molecule has 0 spiro atoms. The van der Waals surface area contributed by atoms with Crippen molar-refractivity contribution in [3.63, 3.8) is 0 Å². The number of carbonyl (C=O) groups excluding carboxylic acids is 1. The van der Waals surface area contributed by atoms with E-state index < -0.39 is 30.3 Å². The SMILES string of the molecule is CO[C@@H]1CN(C(=O)OCc2ccccc2)[C@H](C(=O)O)[C@@H]1O. The van der Waals surface area contributed by atoms with E-state index >= 15 is 0 Å². The molecule has 0 saturated carbocycles. The van der Waals surface area contributed by atoms with Gasteiger partial charge in [-0.3, -0.25) is 4.90 Å². The van der Waals surface area contributed by atoms with Crippen LogP contribution in [0.5, 0.6) is 0 Å². The lowest BCUT2D eigenvalue weighted by Crippen LogP contribution is -2.45. The molecule has 1 amide bonds. The smallest absolute Gasteiger partial charge is 0.411 e. The average molecular weight is 295 g/mol. The van der Waals surface area contributed by atoms with Gasteiger partial charge >= 0.3 is 12.1 Å². The lowest BCUT2D eigenvalue weighted by molar-refractivity contribution is -0.145. The zero-order valence-electron chi connectivity index (χ0n) is 11.5. The number of ether oxygens (including phenoxy) is 2. The second-order valence-corrected chi connectivity index (χ2v) is 4.74. The third-order valence-electron chi connectivity index (χ3n) is 3.41. The summed E-state index contributed by atoms with van der Waals surface area (Å²) in [4.78, 5) is 24.2. The van der Waals surface area contributed by atoms with Crippen molar-refractivity contribution in [3.05, 3.63) is 35.9 Å². The summed E-state index contributed by atoms with van der Waals surface area (Å²) in [6, 6.07) is 7.68. The molecule has 1 saturated heterocycles. The van der Waals surface area contributed by atoms with Gasteiger partial charge in [0.1, 0.15) is 18.8 Å². The molecule has 3 atom stereocenters. The minimum absolute atomic E-state index is 0.0255. The number of carboxylic acid groups (broad SMARTS) is 1. The molecule has 2 rings (SSSR count). The first-order valence-electron chi connectivity index (χ1n) is 6.45. The third-order valence-corrected chi connectivity index (χ3v) is 3.41. The maximum absolute atomic E-state index is 12.0. The molecular weight excluding hydrogens is 278 g/mol. The number of aliphatic carboxylic acids is 1. The molecule has 1 aliphatic heterocycles. The van der Waals surface area contributed by atoms with Crippen molar-refractivity contribution in [2.75, 3.05) is 13.7 Å². The number of hydrogen-bond acceptors (Lipinski definition) is 5. The molecule has 7 heteroatoms. The number of nitrogens with zero attached hydrogens (tertiary/aromatic N) is 1. The molecule has 114 valence electrons. The van der Waals surface area contributed by atoms with Crippen LogP contribution in [0.15, 0.2) is 30.3 Å². The maximum Gasteiger partial charge on any atom is 0.411 e. The quantitative estimate of drug-likeness (QED) is 0.838. The fraction of sp³-hybridized carbons (Fsp3) is 0.429. The Kier molecular flexibility index (Phi) is 4.77. The predicted molar refractivity (Wildman–Crippen MR) is 71.6 cm³/mol. The lowest BCUT2D eigenvalue weighted by Gasteiger charge is -2.21. The van der Waals surface area contributed by atoms with E-state index in [0.29, 0.717) is 0 Å². The zero-order chi connectivity index (χ0) is 15.4. The van der Waals surface area contributed by atoms with E-state index in [1.54, 1.807) is 12.1 Å².